The molecule has 1 aromatic carbocycles. The Morgan fingerprint density at radius 2 is 1.87 bits per heavy atom. The molecule has 3 aromatic rings. The molecule has 1 N–H and O–H groups in total. The number of methoxy groups -OCH3 is 1. The molecular weight excluding hydrogens is 430 g/mol. The molecule has 4 rings (SSSR count). The highest BCUT2D eigenvalue weighted by Gasteiger charge is 2.46. The number of ether oxygens (including phenoxy) is 1. The van der Waals surface area contributed by atoms with Crippen molar-refractivity contribution in [3.63, 3.8) is 0 Å². The molecule has 0 saturated carbocycles. The zero-order chi connectivity index (χ0) is 22.1. The predicted octanol–water partition coefficient (Wildman–Crippen LogP) is 5.56. The average molecular weight is 454 g/mol. The summed E-state index contributed by atoms with van der Waals surface area (Å²) in [4.78, 5) is 29.4. The number of ketones is 1. The SMILES string of the molecule is COc1ccc(/C(O)=C2/C(=O)C(=O)N(Cc3cccs3)C2c2cccs2)cc1C(C)C. The number of carbonyl (C=O) groups excluding carboxylic acids is 2. The lowest BCUT2D eigenvalue weighted by Crippen LogP contribution is -2.28. The van der Waals surface area contributed by atoms with Crippen LogP contribution in [0.25, 0.3) is 5.76 Å². The van der Waals surface area contributed by atoms with Crippen molar-refractivity contribution < 1.29 is 19.4 Å². The molecule has 1 fully saturated rings. The van der Waals surface area contributed by atoms with Crippen LogP contribution in [0.2, 0.25) is 0 Å². The maximum absolute atomic E-state index is 13.1. The second-order valence-corrected chi connectivity index (χ2v) is 9.64. The van der Waals surface area contributed by atoms with Crippen molar-refractivity contribution in [2.24, 2.45) is 0 Å². The minimum absolute atomic E-state index is 0.129. The Hall–Kier alpha value is -2.90. The van der Waals surface area contributed by atoms with E-state index in [-0.39, 0.29) is 17.3 Å². The smallest absolute Gasteiger partial charge is 0.296 e. The molecule has 1 aliphatic heterocycles. The number of benzene rings is 1. The Morgan fingerprint density at radius 3 is 2.48 bits per heavy atom. The number of aliphatic hydroxyl groups excluding tert-OH is 1. The molecule has 31 heavy (non-hydrogen) atoms. The number of nitrogens with zero attached hydrogens (tertiary/aromatic N) is 1. The summed E-state index contributed by atoms with van der Waals surface area (Å²) in [6.45, 7) is 4.39. The summed E-state index contributed by atoms with van der Waals surface area (Å²) in [7, 11) is 1.60. The Bertz CT molecular complexity index is 1130. The van der Waals surface area contributed by atoms with Gasteiger partial charge < -0.3 is 14.7 Å². The lowest BCUT2D eigenvalue weighted by molar-refractivity contribution is -0.140. The first-order chi connectivity index (χ1) is 14.9. The van der Waals surface area contributed by atoms with Gasteiger partial charge in [-0.3, -0.25) is 9.59 Å². The molecule has 7 heteroatoms. The van der Waals surface area contributed by atoms with Crippen LogP contribution < -0.4 is 4.74 Å². The molecule has 1 atom stereocenters. The third-order valence-corrected chi connectivity index (χ3v) is 7.17. The highest BCUT2D eigenvalue weighted by Crippen LogP contribution is 2.42. The number of rotatable bonds is 6. The van der Waals surface area contributed by atoms with Crippen molar-refractivity contribution in [2.45, 2.75) is 32.4 Å². The van der Waals surface area contributed by atoms with Gasteiger partial charge in [-0.05, 0) is 52.6 Å². The van der Waals surface area contributed by atoms with Gasteiger partial charge in [-0.1, -0.05) is 26.0 Å². The summed E-state index contributed by atoms with van der Waals surface area (Å²) >= 11 is 3.00. The molecule has 160 valence electrons. The average Bonchev–Trinajstić information content (AvgIpc) is 3.52. The molecule has 1 unspecified atom stereocenters. The molecule has 2 aromatic heterocycles. The first-order valence-corrected chi connectivity index (χ1v) is 11.7. The van der Waals surface area contributed by atoms with Crippen molar-refractivity contribution >= 4 is 40.1 Å². The molecular formula is C24H23NO4S2. The van der Waals surface area contributed by atoms with E-state index < -0.39 is 17.7 Å². The minimum atomic E-state index is -0.658. The van der Waals surface area contributed by atoms with Gasteiger partial charge >= 0.3 is 0 Å². The van der Waals surface area contributed by atoms with Gasteiger partial charge in [0, 0.05) is 15.3 Å². The van der Waals surface area contributed by atoms with Gasteiger partial charge in [0.15, 0.2) is 0 Å². The molecule has 0 spiro atoms. The van der Waals surface area contributed by atoms with Crippen LogP contribution in [0, 0.1) is 0 Å². The van der Waals surface area contributed by atoms with E-state index in [4.69, 9.17) is 4.74 Å². The number of carbonyl (C=O) groups is 2. The monoisotopic (exact) mass is 453 g/mol. The fourth-order valence-electron chi connectivity index (χ4n) is 3.84. The number of Topliss-reactive ketones (excluding diaryl/α,β-unsaturated/α-hetero) is 1. The van der Waals surface area contributed by atoms with Gasteiger partial charge in [-0.15, -0.1) is 22.7 Å². The maximum Gasteiger partial charge on any atom is 0.296 e. The Balaban J connectivity index is 1.85. The molecule has 0 aliphatic carbocycles. The maximum atomic E-state index is 13.1. The van der Waals surface area contributed by atoms with E-state index in [1.807, 2.05) is 54.9 Å². The van der Waals surface area contributed by atoms with E-state index in [9.17, 15) is 14.7 Å². The molecule has 5 nitrogen and oxygen atoms in total. The number of aliphatic hydroxyl groups is 1. The third-order valence-electron chi connectivity index (χ3n) is 5.38. The number of hydrogen-bond donors (Lipinski definition) is 1. The second-order valence-electron chi connectivity index (χ2n) is 7.63. The largest absolute Gasteiger partial charge is 0.507 e. The standard InChI is InChI=1S/C24H23NO4S2/c1-14(2)17-12-15(8-9-18(17)29-3)22(26)20-21(19-7-5-11-31-19)25(24(28)23(20)27)13-16-6-4-10-30-16/h4-12,14,21,26H,13H2,1-3H3/b22-20-. The van der Waals surface area contributed by atoms with Crippen LogP contribution in [-0.2, 0) is 16.1 Å². The Labute approximate surface area is 189 Å². The fourth-order valence-corrected chi connectivity index (χ4v) is 5.39. The predicted molar refractivity (Wildman–Crippen MR) is 124 cm³/mol. The zero-order valence-corrected chi connectivity index (χ0v) is 19.1. The highest BCUT2D eigenvalue weighted by atomic mass is 32.1. The summed E-state index contributed by atoms with van der Waals surface area (Å²) in [6, 6.07) is 12.3. The minimum Gasteiger partial charge on any atom is -0.507 e. The van der Waals surface area contributed by atoms with Crippen molar-refractivity contribution in [1.82, 2.24) is 4.90 Å². The first-order valence-electron chi connectivity index (χ1n) is 9.94. The second kappa shape index (κ2) is 8.69. The van der Waals surface area contributed by atoms with Crippen molar-refractivity contribution in [2.75, 3.05) is 7.11 Å². The number of thiophene rings is 2. The molecule has 0 bridgehead atoms. The summed E-state index contributed by atoms with van der Waals surface area (Å²) in [5, 5.41) is 15.1. The van der Waals surface area contributed by atoms with Crippen LogP contribution in [0.5, 0.6) is 5.75 Å². The molecule has 1 saturated heterocycles. The van der Waals surface area contributed by atoms with E-state index in [0.29, 0.717) is 12.1 Å². The molecule has 0 radical (unpaired) electrons. The van der Waals surface area contributed by atoms with Gasteiger partial charge in [0.05, 0.1) is 19.2 Å². The fraction of sp³-hybridized carbons (Fsp3) is 0.250. The molecule has 1 amide bonds. The number of amides is 1. The van der Waals surface area contributed by atoms with Crippen LogP contribution >= 0.6 is 22.7 Å². The van der Waals surface area contributed by atoms with E-state index in [2.05, 4.69) is 0 Å². The molecule has 1 aliphatic rings. The van der Waals surface area contributed by atoms with E-state index in [0.717, 1.165) is 21.1 Å². The first kappa shape index (κ1) is 21.3. The van der Waals surface area contributed by atoms with Crippen LogP contribution in [-0.4, -0.2) is 28.8 Å². The van der Waals surface area contributed by atoms with Crippen LogP contribution in [0.15, 0.2) is 58.8 Å². The van der Waals surface area contributed by atoms with E-state index >= 15 is 0 Å². The Morgan fingerprint density at radius 1 is 1.13 bits per heavy atom. The van der Waals surface area contributed by atoms with Crippen molar-refractivity contribution in [1.29, 1.82) is 0 Å². The normalized spacial score (nSPS) is 18.2. The van der Waals surface area contributed by atoms with Gasteiger partial charge in [0.1, 0.15) is 17.6 Å². The van der Waals surface area contributed by atoms with E-state index in [1.165, 1.54) is 22.7 Å². The van der Waals surface area contributed by atoms with Gasteiger partial charge in [0.2, 0.25) is 0 Å². The van der Waals surface area contributed by atoms with E-state index in [1.54, 1.807) is 24.1 Å². The lowest BCUT2D eigenvalue weighted by Gasteiger charge is -2.23. The Kier molecular flexibility index (Phi) is 5.98. The number of hydrogen-bond acceptors (Lipinski definition) is 6. The lowest BCUT2D eigenvalue weighted by atomic mass is 9.95. The van der Waals surface area contributed by atoms with Crippen LogP contribution in [0.4, 0.5) is 0 Å². The summed E-state index contributed by atoms with van der Waals surface area (Å²) in [5.41, 5.74) is 1.55. The summed E-state index contributed by atoms with van der Waals surface area (Å²) in [5.74, 6) is -0.521. The van der Waals surface area contributed by atoms with Crippen LogP contribution in [0.1, 0.15) is 46.7 Å². The quantitative estimate of drug-likeness (QED) is 0.301. The van der Waals surface area contributed by atoms with Gasteiger partial charge in [-0.25, -0.2) is 0 Å². The van der Waals surface area contributed by atoms with Crippen molar-refractivity contribution in [3.8, 4) is 5.75 Å². The van der Waals surface area contributed by atoms with Crippen molar-refractivity contribution in [3.05, 3.63) is 79.7 Å². The third kappa shape index (κ3) is 3.91. The topological polar surface area (TPSA) is 66.8 Å². The van der Waals surface area contributed by atoms with Gasteiger partial charge in [-0.2, -0.15) is 0 Å². The summed E-state index contributed by atoms with van der Waals surface area (Å²) < 4.78 is 5.44. The zero-order valence-electron chi connectivity index (χ0n) is 17.5. The van der Waals surface area contributed by atoms with Gasteiger partial charge in [0.25, 0.3) is 11.7 Å². The number of likely N-dealkylation sites (tertiary alicyclic amines) is 1. The highest BCUT2D eigenvalue weighted by molar-refractivity contribution is 7.10. The summed E-state index contributed by atoms with van der Waals surface area (Å²) in [6.07, 6.45) is 0. The molecule has 3 heterocycles. The van der Waals surface area contributed by atoms with Crippen LogP contribution in [0.3, 0.4) is 0 Å².